The monoisotopic (exact) mass is 466 g/mol. The first-order valence-electron chi connectivity index (χ1n) is 10.9. The second-order valence-electron chi connectivity index (χ2n) is 8.19. The number of hydrogen-bond donors (Lipinski definition) is 4. The van der Waals surface area contributed by atoms with Gasteiger partial charge in [0.05, 0.1) is 0 Å². The number of halogens is 1. The number of rotatable bonds is 9. The van der Waals surface area contributed by atoms with Crippen LogP contribution in [0.3, 0.4) is 0 Å². The number of nitrogens with one attached hydrogen (secondary N) is 4. The lowest BCUT2D eigenvalue weighted by molar-refractivity contribution is 0.773. The van der Waals surface area contributed by atoms with Crippen LogP contribution in [-0.4, -0.2) is 40.6 Å². The van der Waals surface area contributed by atoms with E-state index in [9.17, 15) is 4.91 Å². The van der Waals surface area contributed by atoms with Gasteiger partial charge in [0.25, 0.3) is 0 Å². The Morgan fingerprint density at radius 2 is 1.88 bits per heavy atom. The highest BCUT2D eigenvalue weighted by Crippen LogP contribution is 2.25. The number of anilines is 4. The Kier molecular flexibility index (Phi) is 7.31. The van der Waals surface area contributed by atoms with Crippen molar-refractivity contribution < 1.29 is 0 Å². The molecule has 1 aromatic heterocycles. The minimum atomic E-state index is 0.225. The van der Waals surface area contributed by atoms with E-state index in [4.69, 9.17) is 11.6 Å². The molecule has 1 aliphatic rings. The molecule has 1 fully saturated rings. The molecule has 0 saturated carbocycles. The quantitative estimate of drug-likeness (QED) is 0.327. The number of aromatic nitrogens is 3. The Labute approximate surface area is 197 Å². The molecule has 172 valence electrons. The first-order valence-corrected chi connectivity index (χ1v) is 11.3. The van der Waals surface area contributed by atoms with Gasteiger partial charge in [0, 0.05) is 29.8 Å². The van der Waals surface area contributed by atoms with E-state index in [0.29, 0.717) is 40.8 Å². The van der Waals surface area contributed by atoms with Crippen molar-refractivity contribution in [2.45, 2.75) is 32.2 Å². The SMILES string of the molecule is Cc1ccc(N=O)cc1Nc1nc(NCC(C)c2ccc(Cl)cc2)nc(N[C@H]2CCNC2)n1. The molecule has 33 heavy (non-hydrogen) atoms. The van der Waals surface area contributed by atoms with Crippen LogP contribution in [0.2, 0.25) is 5.02 Å². The summed E-state index contributed by atoms with van der Waals surface area (Å²) in [6.45, 7) is 6.52. The molecule has 0 spiro atoms. The topological polar surface area (TPSA) is 116 Å². The van der Waals surface area contributed by atoms with Crippen molar-refractivity contribution in [2.24, 2.45) is 5.18 Å². The molecule has 10 heteroatoms. The summed E-state index contributed by atoms with van der Waals surface area (Å²) in [6.07, 6.45) is 0.997. The number of hydrogen-bond acceptors (Lipinski definition) is 9. The van der Waals surface area contributed by atoms with Gasteiger partial charge in [-0.3, -0.25) is 0 Å². The largest absolute Gasteiger partial charge is 0.353 e. The summed E-state index contributed by atoms with van der Waals surface area (Å²) in [6, 6.07) is 13.3. The molecule has 2 atom stereocenters. The molecule has 4 rings (SSSR count). The van der Waals surface area contributed by atoms with E-state index in [2.05, 4.69) is 48.3 Å². The van der Waals surface area contributed by atoms with Crippen molar-refractivity contribution in [3.05, 3.63) is 63.5 Å². The van der Waals surface area contributed by atoms with Crippen LogP contribution >= 0.6 is 11.6 Å². The zero-order valence-electron chi connectivity index (χ0n) is 18.6. The zero-order valence-corrected chi connectivity index (χ0v) is 19.4. The van der Waals surface area contributed by atoms with Crippen molar-refractivity contribution in [2.75, 3.05) is 35.6 Å². The van der Waals surface area contributed by atoms with Gasteiger partial charge < -0.3 is 21.3 Å². The maximum absolute atomic E-state index is 11.0. The molecule has 0 bridgehead atoms. The van der Waals surface area contributed by atoms with Gasteiger partial charge in [-0.2, -0.15) is 15.0 Å². The highest BCUT2D eigenvalue weighted by atomic mass is 35.5. The summed E-state index contributed by atoms with van der Waals surface area (Å²) >= 11 is 6.01. The molecule has 3 aromatic rings. The number of nitroso groups, excluding NO2 is 1. The van der Waals surface area contributed by atoms with Crippen molar-refractivity contribution in [3.63, 3.8) is 0 Å². The fourth-order valence-electron chi connectivity index (χ4n) is 3.61. The molecule has 1 saturated heterocycles. The number of benzene rings is 2. The van der Waals surface area contributed by atoms with Gasteiger partial charge in [0.2, 0.25) is 17.8 Å². The third kappa shape index (κ3) is 6.15. The molecule has 2 aromatic carbocycles. The van der Waals surface area contributed by atoms with Crippen LogP contribution in [0.15, 0.2) is 47.6 Å². The fourth-order valence-corrected chi connectivity index (χ4v) is 3.74. The lowest BCUT2D eigenvalue weighted by Gasteiger charge is -2.16. The normalized spacial score (nSPS) is 16.3. The average molecular weight is 467 g/mol. The molecule has 2 heterocycles. The molecule has 1 unspecified atom stereocenters. The lowest BCUT2D eigenvalue weighted by Crippen LogP contribution is -2.24. The molecule has 1 aliphatic heterocycles. The second kappa shape index (κ2) is 10.5. The molecule has 0 aliphatic carbocycles. The van der Waals surface area contributed by atoms with Gasteiger partial charge >= 0.3 is 0 Å². The van der Waals surface area contributed by atoms with Crippen molar-refractivity contribution in [1.29, 1.82) is 0 Å². The minimum Gasteiger partial charge on any atom is -0.353 e. The smallest absolute Gasteiger partial charge is 0.233 e. The fraction of sp³-hybridized carbons (Fsp3) is 0.348. The molecule has 9 nitrogen and oxygen atoms in total. The van der Waals surface area contributed by atoms with Crippen LogP contribution in [0, 0.1) is 11.8 Å². The third-order valence-corrected chi connectivity index (χ3v) is 5.86. The maximum Gasteiger partial charge on any atom is 0.233 e. The summed E-state index contributed by atoms with van der Waals surface area (Å²) in [7, 11) is 0. The van der Waals surface area contributed by atoms with E-state index in [-0.39, 0.29) is 12.0 Å². The Morgan fingerprint density at radius 3 is 2.61 bits per heavy atom. The minimum absolute atomic E-state index is 0.225. The Morgan fingerprint density at radius 1 is 1.12 bits per heavy atom. The molecule has 0 radical (unpaired) electrons. The van der Waals surface area contributed by atoms with Crippen LogP contribution in [0.5, 0.6) is 0 Å². The van der Waals surface area contributed by atoms with Crippen LogP contribution < -0.4 is 21.3 Å². The lowest BCUT2D eigenvalue weighted by atomic mass is 10.0. The highest BCUT2D eigenvalue weighted by Gasteiger charge is 2.17. The van der Waals surface area contributed by atoms with Gasteiger partial charge in [0.1, 0.15) is 5.69 Å². The van der Waals surface area contributed by atoms with Crippen LogP contribution in [0.4, 0.5) is 29.2 Å². The Hall–Kier alpha value is -3.30. The molecule has 4 N–H and O–H groups in total. The van der Waals surface area contributed by atoms with E-state index in [1.807, 2.05) is 37.3 Å². The third-order valence-electron chi connectivity index (χ3n) is 5.61. The summed E-state index contributed by atoms with van der Waals surface area (Å²) in [5.41, 5.74) is 3.17. The Balaban J connectivity index is 1.54. The summed E-state index contributed by atoms with van der Waals surface area (Å²) in [5.74, 6) is 1.56. The average Bonchev–Trinajstić information content (AvgIpc) is 3.32. The number of nitrogens with zero attached hydrogens (tertiary/aromatic N) is 4. The Bertz CT molecular complexity index is 1100. The van der Waals surface area contributed by atoms with Gasteiger partial charge in [-0.05, 0) is 66.4 Å². The predicted molar refractivity (Wildman–Crippen MR) is 133 cm³/mol. The van der Waals surface area contributed by atoms with Gasteiger partial charge in [-0.25, -0.2) is 0 Å². The van der Waals surface area contributed by atoms with E-state index in [1.54, 1.807) is 12.1 Å². The van der Waals surface area contributed by atoms with Crippen LogP contribution in [0.25, 0.3) is 0 Å². The summed E-state index contributed by atoms with van der Waals surface area (Å²) in [5, 5.41) is 17.0. The second-order valence-corrected chi connectivity index (χ2v) is 8.63. The highest BCUT2D eigenvalue weighted by molar-refractivity contribution is 6.30. The van der Waals surface area contributed by atoms with Crippen LogP contribution in [-0.2, 0) is 0 Å². The van der Waals surface area contributed by atoms with Crippen molar-refractivity contribution in [1.82, 2.24) is 20.3 Å². The maximum atomic E-state index is 11.0. The predicted octanol–water partition coefficient (Wildman–Crippen LogP) is 4.96. The van der Waals surface area contributed by atoms with Gasteiger partial charge in [-0.1, -0.05) is 36.7 Å². The molecular formula is C23H27ClN8O. The van der Waals surface area contributed by atoms with E-state index >= 15 is 0 Å². The van der Waals surface area contributed by atoms with E-state index in [1.165, 1.54) is 5.56 Å². The standard InChI is InChI=1S/C23H27ClN8O/c1-14-3-8-18(32-33)11-20(14)28-23-30-21(29-22(31-23)27-19-9-10-25-13-19)26-12-15(2)16-4-6-17(24)7-5-16/h3-8,11,15,19,25H,9-10,12-13H2,1-2H3,(H3,26,27,28,29,30,31)/t15?,19-/m0/s1. The molecule has 0 amide bonds. The summed E-state index contributed by atoms with van der Waals surface area (Å²) < 4.78 is 0. The number of aryl methyl sites for hydroxylation is 1. The van der Waals surface area contributed by atoms with Gasteiger partial charge in [-0.15, -0.1) is 4.91 Å². The van der Waals surface area contributed by atoms with Gasteiger partial charge in [0.15, 0.2) is 0 Å². The van der Waals surface area contributed by atoms with Crippen LogP contribution in [0.1, 0.15) is 30.4 Å². The van der Waals surface area contributed by atoms with E-state index < -0.39 is 0 Å². The first-order chi connectivity index (χ1) is 16.0. The summed E-state index contributed by atoms with van der Waals surface area (Å²) in [4.78, 5) is 24.6. The zero-order chi connectivity index (χ0) is 23.2. The van der Waals surface area contributed by atoms with E-state index in [0.717, 1.165) is 25.1 Å². The van der Waals surface area contributed by atoms with Crippen molar-refractivity contribution in [3.8, 4) is 0 Å². The first kappa shape index (κ1) is 22.9. The molecular weight excluding hydrogens is 440 g/mol. The van der Waals surface area contributed by atoms with Crippen molar-refractivity contribution >= 4 is 40.8 Å².